The Labute approximate surface area is 145 Å². The number of ether oxygens (including phenoxy) is 2. The van der Waals surface area contributed by atoms with Gasteiger partial charge in [-0.25, -0.2) is 0 Å². The van der Waals surface area contributed by atoms with Crippen molar-refractivity contribution in [3.63, 3.8) is 0 Å². The third-order valence-electron chi connectivity index (χ3n) is 4.36. The molecule has 5 heteroatoms. The van der Waals surface area contributed by atoms with Crippen molar-refractivity contribution in [3.05, 3.63) is 35.4 Å². The van der Waals surface area contributed by atoms with Crippen molar-refractivity contribution < 1.29 is 9.47 Å². The van der Waals surface area contributed by atoms with E-state index in [1.807, 2.05) is 0 Å². The molecule has 0 aromatic heterocycles. The van der Waals surface area contributed by atoms with E-state index in [-0.39, 0.29) is 0 Å². The number of nitrogens with zero attached hydrogens (tertiary/aromatic N) is 1. The summed E-state index contributed by atoms with van der Waals surface area (Å²) in [7, 11) is 1.80. The highest BCUT2D eigenvalue weighted by atomic mass is 16.5. The van der Waals surface area contributed by atoms with E-state index >= 15 is 0 Å². The molecule has 1 fully saturated rings. The fourth-order valence-corrected chi connectivity index (χ4v) is 2.53. The first-order chi connectivity index (χ1) is 11.7. The molecule has 0 spiro atoms. The van der Waals surface area contributed by atoms with Crippen molar-refractivity contribution in [2.45, 2.75) is 58.4 Å². The van der Waals surface area contributed by atoms with E-state index in [2.05, 4.69) is 53.7 Å². The van der Waals surface area contributed by atoms with Gasteiger partial charge in [0.15, 0.2) is 5.96 Å². The molecule has 1 aliphatic heterocycles. The molecule has 1 atom stereocenters. The SMILES string of the molecule is CCC(C)NC(=NC)NCc1ccc(COC2CCOCC2)cc1. The van der Waals surface area contributed by atoms with Gasteiger partial charge in [-0.1, -0.05) is 31.2 Å². The van der Waals surface area contributed by atoms with Crippen LogP contribution in [0.1, 0.15) is 44.2 Å². The second-order valence-electron chi connectivity index (χ2n) is 6.32. The predicted molar refractivity (Wildman–Crippen MR) is 98.2 cm³/mol. The molecule has 0 saturated carbocycles. The molecule has 1 aromatic carbocycles. The maximum atomic E-state index is 5.96. The summed E-state index contributed by atoms with van der Waals surface area (Å²) in [6.07, 6.45) is 3.42. The zero-order chi connectivity index (χ0) is 17.2. The topological polar surface area (TPSA) is 54.9 Å². The summed E-state index contributed by atoms with van der Waals surface area (Å²) in [6.45, 7) is 7.39. The van der Waals surface area contributed by atoms with E-state index in [1.165, 1.54) is 11.1 Å². The van der Waals surface area contributed by atoms with Gasteiger partial charge in [0.1, 0.15) is 0 Å². The van der Waals surface area contributed by atoms with Crippen molar-refractivity contribution >= 4 is 5.96 Å². The van der Waals surface area contributed by atoms with E-state index in [9.17, 15) is 0 Å². The molecule has 1 heterocycles. The standard InChI is InChI=1S/C19H31N3O2/c1-4-15(2)22-19(20-3)21-13-16-5-7-17(8-6-16)14-24-18-9-11-23-12-10-18/h5-8,15,18H,4,9-14H2,1-3H3,(H2,20,21,22). The minimum atomic E-state index is 0.343. The van der Waals surface area contributed by atoms with Crippen molar-refractivity contribution in [3.8, 4) is 0 Å². The smallest absolute Gasteiger partial charge is 0.191 e. The Bertz CT molecular complexity index is 496. The van der Waals surface area contributed by atoms with Crippen LogP contribution in [0.2, 0.25) is 0 Å². The van der Waals surface area contributed by atoms with Gasteiger partial charge in [0.25, 0.3) is 0 Å². The second-order valence-corrected chi connectivity index (χ2v) is 6.32. The first-order valence-electron chi connectivity index (χ1n) is 8.95. The Morgan fingerprint density at radius 1 is 1.25 bits per heavy atom. The van der Waals surface area contributed by atoms with Gasteiger partial charge in [-0.2, -0.15) is 0 Å². The Kier molecular flexibility index (Phi) is 8.05. The fraction of sp³-hybridized carbons (Fsp3) is 0.632. The van der Waals surface area contributed by atoms with Gasteiger partial charge in [0.2, 0.25) is 0 Å². The first kappa shape index (κ1) is 18.7. The van der Waals surface area contributed by atoms with E-state index in [0.717, 1.165) is 45.0 Å². The van der Waals surface area contributed by atoms with Gasteiger partial charge in [-0.3, -0.25) is 4.99 Å². The monoisotopic (exact) mass is 333 g/mol. The minimum Gasteiger partial charge on any atom is -0.381 e. The van der Waals surface area contributed by atoms with Crippen LogP contribution in [0.3, 0.4) is 0 Å². The largest absolute Gasteiger partial charge is 0.381 e. The summed E-state index contributed by atoms with van der Waals surface area (Å²) in [5.41, 5.74) is 2.45. The van der Waals surface area contributed by atoms with Crippen molar-refractivity contribution in [2.24, 2.45) is 4.99 Å². The predicted octanol–water partition coefficient (Wildman–Crippen LogP) is 2.85. The maximum absolute atomic E-state index is 5.96. The third-order valence-corrected chi connectivity index (χ3v) is 4.36. The third kappa shape index (κ3) is 6.49. The molecule has 1 unspecified atom stereocenters. The molecule has 2 rings (SSSR count). The van der Waals surface area contributed by atoms with E-state index in [1.54, 1.807) is 7.05 Å². The van der Waals surface area contributed by atoms with Crippen LogP contribution < -0.4 is 10.6 Å². The van der Waals surface area contributed by atoms with Crippen LogP contribution in [-0.4, -0.2) is 38.4 Å². The normalized spacial score (nSPS) is 17.5. The van der Waals surface area contributed by atoms with Crippen molar-refractivity contribution in [2.75, 3.05) is 20.3 Å². The first-order valence-corrected chi connectivity index (χ1v) is 8.95. The lowest BCUT2D eigenvalue weighted by atomic mass is 10.1. The van der Waals surface area contributed by atoms with E-state index in [4.69, 9.17) is 9.47 Å². The van der Waals surface area contributed by atoms with E-state index < -0.39 is 0 Å². The quantitative estimate of drug-likeness (QED) is 0.595. The average Bonchev–Trinajstić information content (AvgIpc) is 2.64. The van der Waals surface area contributed by atoms with Gasteiger partial charge in [-0.05, 0) is 37.3 Å². The van der Waals surface area contributed by atoms with Gasteiger partial charge in [0, 0.05) is 32.8 Å². The number of hydrogen-bond donors (Lipinski definition) is 2. The van der Waals surface area contributed by atoms with Crippen LogP contribution in [0.4, 0.5) is 0 Å². The van der Waals surface area contributed by atoms with Gasteiger partial charge in [-0.15, -0.1) is 0 Å². The molecule has 134 valence electrons. The second kappa shape index (κ2) is 10.3. The number of benzene rings is 1. The van der Waals surface area contributed by atoms with Crippen LogP contribution in [0, 0.1) is 0 Å². The van der Waals surface area contributed by atoms with Crippen LogP contribution in [-0.2, 0) is 22.6 Å². The Hall–Kier alpha value is -1.59. The number of guanidine groups is 1. The molecule has 0 amide bonds. The Morgan fingerprint density at radius 2 is 1.92 bits per heavy atom. The van der Waals surface area contributed by atoms with Gasteiger partial charge in [0.05, 0.1) is 12.7 Å². The van der Waals surface area contributed by atoms with Crippen molar-refractivity contribution in [1.82, 2.24) is 10.6 Å². The molecule has 0 aliphatic carbocycles. The Morgan fingerprint density at radius 3 is 2.54 bits per heavy atom. The number of aliphatic imine (C=N–C) groups is 1. The highest BCUT2D eigenvalue weighted by Gasteiger charge is 2.13. The number of nitrogens with one attached hydrogen (secondary N) is 2. The molecule has 1 aliphatic rings. The molecule has 0 bridgehead atoms. The summed E-state index contributed by atoms with van der Waals surface area (Å²) in [4.78, 5) is 4.25. The van der Waals surface area contributed by atoms with Crippen LogP contribution >= 0.6 is 0 Å². The Balaban J connectivity index is 1.74. The fourth-order valence-electron chi connectivity index (χ4n) is 2.53. The molecular formula is C19H31N3O2. The minimum absolute atomic E-state index is 0.343. The lowest BCUT2D eigenvalue weighted by Crippen LogP contribution is -2.41. The lowest BCUT2D eigenvalue weighted by Gasteiger charge is -2.22. The summed E-state index contributed by atoms with van der Waals surface area (Å²) in [5, 5.41) is 6.71. The molecular weight excluding hydrogens is 302 g/mol. The summed E-state index contributed by atoms with van der Waals surface area (Å²) in [6, 6.07) is 8.99. The summed E-state index contributed by atoms with van der Waals surface area (Å²) >= 11 is 0. The molecule has 0 radical (unpaired) electrons. The lowest BCUT2D eigenvalue weighted by molar-refractivity contribution is -0.0390. The highest BCUT2D eigenvalue weighted by Crippen LogP contribution is 2.14. The summed E-state index contributed by atoms with van der Waals surface area (Å²) in [5.74, 6) is 0.844. The molecule has 5 nitrogen and oxygen atoms in total. The van der Waals surface area contributed by atoms with Crippen LogP contribution in [0.15, 0.2) is 29.3 Å². The molecule has 1 saturated heterocycles. The van der Waals surface area contributed by atoms with E-state index in [0.29, 0.717) is 18.8 Å². The summed E-state index contributed by atoms with van der Waals surface area (Å²) < 4.78 is 11.3. The maximum Gasteiger partial charge on any atom is 0.191 e. The van der Waals surface area contributed by atoms with Crippen LogP contribution in [0.5, 0.6) is 0 Å². The van der Waals surface area contributed by atoms with Gasteiger partial charge < -0.3 is 20.1 Å². The van der Waals surface area contributed by atoms with Gasteiger partial charge >= 0.3 is 0 Å². The molecule has 1 aromatic rings. The zero-order valence-corrected chi connectivity index (χ0v) is 15.2. The number of rotatable bonds is 7. The van der Waals surface area contributed by atoms with Crippen molar-refractivity contribution in [1.29, 1.82) is 0 Å². The highest BCUT2D eigenvalue weighted by molar-refractivity contribution is 5.79. The number of hydrogen-bond acceptors (Lipinski definition) is 3. The molecule has 2 N–H and O–H groups in total. The van der Waals surface area contributed by atoms with Crippen LogP contribution in [0.25, 0.3) is 0 Å². The average molecular weight is 333 g/mol. The molecule has 24 heavy (non-hydrogen) atoms. The zero-order valence-electron chi connectivity index (χ0n) is 15.2.